The Bertz CT molecular complexity index is 157. The summed E-state index contributed by atoms with van der Waals surface area (Å²) in [5.74, 6) is 0. The molecule has 0 saturated heterocycles. The molecule has 1 rings (SSSR count). The van der Waals surface area contributed by atoms with E-state index >= 15 is 0 Å². The number of hydrogen-bond donors (Lipinski definition) is 1. The fourth-order valence-corrected chi connectivity index (χ4v) is 1.69. The minimum Gasteiger partial charge on any atom is -0.411 e. The number of hydrogen-bond acceptors (Lipinski definition) is 3. The Hall–Kier alpha value is -0.570. The van der Waals surface area contributed by atoms with Gasteiger partial charge in [0.2, 0.25) is 0 Å². The second-order valence-corrected chi connectivity index (χ2v) is 3.27. The first-order valence-corrected chi connectivity index (χ1v) is 4.62. The van der Waals surface area contributed by atoms with Gasteiger partial charge in [-0.05, 0) is 19.3 Å². The van der Waals surface area contributed by atoms with Gasteiger partial charge in [0.05, 0.1) is 11.8 Å². The predicted octanol–water partition coefficient (Wildman–Crippen LogP) is 2.19. The number of methoxy groups -OCH3 is 1. The predicted molar refractivity (Wildman–Crippen MR) is 47.7 cm³/mol. The maximum Gasteiger partial charge on any atom is 0.0985 e. The molecule has 0 amide bonds. The largest absolute Gasteiger partial charge is 0.411 e. The van der Waals surface area contributed by atoms with Crippen LogP contribution in [-0.2, 0) is 4.74 Å². The van der Waals surface area contributed by atoms with E-state index in [0.717, 1.165) is 25.0 Å². The molecule has 70 valence electrons. The number of oxime groups is 1. The second kappa shape index (κ2) is 5.14. The Balaban J connectivity index is 2.52. The molecular weight excluding hydrogens is 154 g/mol. The van der Waals surface area contributed by atoms with Crippen molar-refractivity contribution in [2.24, 2.45) is 5.16 Å². The Labute approximate surface area is 73.4 Å². The van der Waals surface area contributed by atoms with Crippen molar-refractivity contribution >= 4 is 5.71 Å². The summed E-state index contributed by atoms with van der Waals surface area (Å²) >= 11 is 0. The number of ether oxygens (including phenoxy) is 1. The zero-order valence-electron chi connectivity index (χ0n) is 7.62. The fourth-order valence-electron chi connectivity index (χ4n) is 1.69. The molecule has 3 nitrogen and oxygen atoms in total. The van der Waals surface area contributed by atoms with Crippen LogP contribution in [0.4, 0.5) is 0 Å². The summed E-state index contributed by atoms with van der Waals surface area (Å²) in [4.78, 5) is 0. The van der Waals surface area contributed by atoms with Crippen LogP contribution in [0.1, 0.15) is 38.5 Å². The van der Waals surface area contributed by atoms with Crippen molar-refractivity contribution in [3.63, 3.8) is 0 Å². The summed E-state index contributed by atoms with van der Waals surface area (Å²) in [6.45, 7) is 0. The van der Waals surface area contributed by atoms with Crippen molar-refractivity contribution in [2.45, 2.75) is 44.6 Å². The average Bonchev–Trinajstić information content (AvgIpc) is 2.05. The molecule has 1 aliphatic rings. The van der Waals surface area contributed by atoms with Crippen LogP contribution in [-0.4, -0.2) is 24.1 Å². The van der Waals surface area contributed by atoms with Gasteiger partial charge < -0.3 is 9.94 Å². The maximum atomic E-state index is 8.72. The van der Waals surface area contributed by atoms with Gasteiger partial charge in [-0.2, -0.15) is 0 Å². The Morgan fingerprint density at radius 3 is 2.75 bits per heavy atom. The smallest absolute Gasteiger partial charge is 0.0985 e. The Kier molecular flexibility index (Phi) is 4.08. The monoisotopic (exact) mass is 171 g/mol. The zero-order valence-corrected chi connectivity index (χ0v) is 7.62. The molecule has 1 unspecified atom stereocenters. The fraction of sp³-hybridized carbons (Fsp3) is 0.889. The summed E-state index contributed by atoms with van der Waals surface area (Å²) in [6.07, 6.45) is 6.76. The van der Waals surface area contributed by atoms with E-state index < -0.39 is 0 Å². The summed E-state index contributed by atoms with van der Waals surface area (Å²) in [7, 11) is 1.68. The van der Waals surface area contributed by atoms with Crippen molar-refractivity contribution < 1.29 is 9.94 Å². The minimum atomic E-state index is 0.0512. The Morgan fingerprint density at radius 1 is 1.33 bits per heavy atom. The maximum absolute atomic E-state index is 8.72. The van der Waals surface area contributed by atoms with E-state index in [1.807, 2.05) is 0 Å². The third-order valence-corrected chi connectivity index (χ3v) is 2.43. The molecule has 0 aromatic rings. The third-order valence-electron chi connectivity index (χ3n) is 2.43. The molecule has 0 aliphatic heterocycles. The standard InChI is InChI=1S/C9H17NO2/c1-12-9-7-5-3-2-4-6-8(9)10-11/h9,11H,2-7H2,1H3. The van der Waals surface area contributed by atoms with E-state index in [-0.39, 0.29) is 6.10 Å². The van der Waals surface area contributed by atoms with E-state index in [1.165, 1.54) is 19.3 Å². The quantitative estimate of drug-likeness (QED) is 0.485. The lowest BCUT2D eigenvalue weighted by atomic mass is 9.97. The van der Waals surface area contributed by atoms with Crippen LogP contribution in [0.2, 0.25) is 0 Å². The number of rotatable bonds is 1. The van der Waals surface area contributed by atoms with E-state index in [0.29, 0.717) is 0 Å². The van der Waals surface area contributed by atoms with E-state index in [4.69, 9.17) is 9.94 Å². The highest BCUT2D eigenvalue weighted by Crippen LogP contribution is 2.17. The lowest BCUT2D eigenvalue weighted by Gasteiger charge is -2.18. The lowest BCUT2D eigenvalue weighted by Crippen LogP contribution is -2.24. The van der Waals surface area contributed by atoms with E-state index in [2.05, 4.69) is 5.16 Å². The van der Waals surface area contributed by atoms with Crippen LogP contribution in [0.5, 0.6) is 0 Å². The molecule has 1 N–H and O–H groups in total. The van der Waals surface area contributed by atoms with Gasteiger partial charge in [-0.1, -0.05) is 24.4 Å². The molecule has 0 bridgehead atoms. The highest BCUT2D eigenvalue weighted by Gasteiger charge is 2.17. The first kappa shape index (κ1) is 9.52. The normalized spacial score (nSPS) is 29.8. The van der Waals surface area contributed by atoms with Gasteiger partial charge in [-0.25, -0.2) is 0 Å². The van der Waals surface area contributed by atoms with Crippen LogP contribution in [0.3, 0.4) is 0 Å². The van der Waals surface area contributed by atoms with Crippen molar-refractivity contribution in [3.05, 3.63) is 0 Å². The van der Waals surface area contributed by atoms with Crippen LogP contribution in [0.25, 0.3) is 0 Å². The molecule has 0 aromatic carbocycles. The molecule has 1 aliphatic carbocycles. The van der Waals surface area contributed by atoms with Gasteiger partial charge in [0.1, 0.15) is 0 Å². The van der Waals surface area contributed by atoms with Crippen LogP contribution >= 0.6 is 0 Å². The van der Waals surface area contributed by atoms with Crippen LogP contribution in [0, 0.1) is 0 Å². The molecule has 1 atom stereocenters. The molecule has 0 heterocycles. The molecule has 0 aromatic heterocycles. The van der Waals surface area contributed by atoms with Gasteiger partial charge in [0.25, 0.3) is 0 Å². The van der Waals surface area contributed by atoms with Gasteiger partial charge in [0, 0.05) is 7.11 Å². The second-order valence-electron chi connectivity index (χ2n) is 3.27. The molecular formula is C9H17NO2. The van der Waals surface area contributed by atoms with E-state index in [9.17, 15) is 0 Å². The van der Waals surface area contributed by atoms with Gasteiger partial charge >= 0.3 is 0 Å². The SMILES string of the molecule is COC1CCCCCCC1=NO. The van der Waals surface area contributed by atoms with Gasteiger partial charge in [0.15, 0.2) is 0 Å². The first-order valence-electron chi connectivity index (χ1n) is 4.62. The average molecular weight is 171 g/mol. The first-order chi connectivity index (χ1) is 5.88. The summed E-state index contributed by atoms with van der Waals surface area (Å²) in [6, 6.07) is 0. The summed E-state index contributed by atoms with van der Waals surface area (Å²) in [5, 5.41) is 12.0. The zero-order chi connectivity index (χ0) is 8.81. The van der Waals surface area contributed by atoms with E-state index in [1.54, 1.807) is 7.11 Å². The van der Waals surface area contributed by atoms with Crippen LogP contribution < -0.4 is 0 Å². The molecule has 1 saturated carbocycles. The van der Waals surface area contributed by atoms with Crippen molar-refractivity contribution in [1.82, 2.24) is 0 Å². The number of nitrogens with zero attached hydrogens (tertiary/aromatic N) is 1. The summed E-state index contributed by atoms with van der Waals surface area (Å²) in [5.41, 5.74) is 0.817. The third kappa shape index (κ3) is 2.48. The van der Waals surface area contributed by atoms with Crippen molar-refractivity contribution in [2.75, 3.05) is 7.11 Å². The van der Waals surface area contributed by atoms with Gasteiger partial charge in [-0.3, -0.25) is 0 Å². The Morgan fingerprint density at radius 2 is 2.08 bits per heavy atom. The van der Waals surface area contributed by atoms with Crippen molar-refractivity contribution in [1.29, 1.82) is 0 Å². The minimum absolute atomic E-state index is 0.0512. The van der Waals surface area contributed by atoms with Gasteiger partial charge in [-0.15, -0.1) is 0 Å². The highest BCUT2D eigenvalue weighted by molar-refractivity contribution is 5.88. The molecule has 3 heteroatoms. The topological polar surface area (TPSA) is 41.8 Å². The van der Waals surface area contributed by atoms with Crippen molar-refractivity contribution in [3.8, 4) is 0 Å². The summed E-state index contributed by atoms with van der Waals surface area (Å²) < 4.78 is 5.24. The highest BCUT2D eigenvalue weighted by atomic mass is 16.5. The molecule has 1 fully saturated rings. The lowest BCUT2D eigenvalue weighted by molar-refractivity contribution is 0.137. The molecule has 0 radical (unpaired) electrons. The molecule has 0 spiro atoms. The van der Waals surface area contributed by atoms with Crippen LogP contribution in [0.15, 0.2) is 5.16 Å². The molecule has 12 heavy (non-hydrogen) atoms.